The van der Waals surface area contributed by atoms with Crippen LogP contribution in [0, 0.1) is 5.41 Å². The van der Waals surface area contributed by atoms with Crippen molar-refractivity contribution < 1.29 is 14.3 Å². The smallest absolute Gasteiger partial charge is 0.319 e. The first kappa shape index (κ1) is 27.4. The number of carbonyl (C=O) groups excluding carboxylic acids is 2. The first-order valence-corrected chi connectivity index (χ1v) is 12.7. The van der Waals surface area contributed by atoms with Gasteiger partial charge in [0.05, 0.1) is 0 Å². The van der Waals surface area contributed by atoms with Gasteiger partial charge in [0.25, 0.3) is 0 Å². The summed E-state index contributed by atoms with van der Waals surface area (Å²) in [6, 6.07) is 9.61. The lowest BCUT2D eigenvalue weighted by atomic mass is 9.81. The molecule has 0 spiro atoms. The summed E-state index contributed by atoms with van der Waals surface area (Å²) < 4.78 is 5.46. The lowest BCUT2D eigenvalue weighted by molar-refractivity contribution is -0.160. The highest BCUT2D eigenvalue weighted by atomic mass is 16.5. The highest BCUT2D eigenvalue weighted by Gasteiger charge is 2.39. The van der Waals surface area contributed by atoms with Crippen molar-refractivity contribution in [2.75, 3.05) is 0 Å². The molecule has 0 saturated heterocycles. The van der Waals surface area contributed by atoms with Gasteiger partial charge in [-0.1, -0.05) is 127 Å². The number of benzene rings is 1. The van der Waals surface area contributed by atoms with Gasteiger partial charge < -0.3 is 4.74 Å². The Hall–Kier alpha value is -1.64. The van der Waals surface area contributed by atoms with Crippen LogP contribution in [-0.2, 0) is 20.9 Å². The van der Waals surface area contributed by atoms with E-state index in [4.69, 9.17) is 4.74 Å². The molecule has 3 heteroatoms. The Morgan fingerprint density at radius 3 is 1.65 bits per heavy atom. The Bertz CT molecular complexity index is 596. The van der Waals surface area contributed by atoms with E-state index in [1.807, 2.05) is 30.3 Å². The molecule has 0 bridgehead atoms. The van der Waals surface area contributed by atoms with E-state index < -0.39 is 11.4 Å². The van der Waals surface area contributed by atoms with Gasteiger partial charge in [-0.05, 0) is 25.8 Å². The van der Waals surface area contributed by atoms with Crippen molar-refractivity contribution in [3.05, 3.63) is 35.9 Å². The minimum atomic E-state index is -1.02. The zero-order valence-electron chi connectivity index (χ0n) is 20.4. The predicted octanol–water partition coefficient (Wildman–Crippen LogP) is 8.20. The molecule has 0 saturated carbocycles. The topological polar surface area (TPSA) is 43.4 Å². The van der Waals surface area contributed by atoms with E-state index in [0.717, 1.165) is 18.4 Å². The Kier molecular flexibility index (Phi) is 15.0. The highest BCUT2D eigenvalue weighted by molar-refractivity contribution is 6.02. The summed E-state index contributed by atoms with van der Waals surface area (Å²) in [6.07, 6.45) is 18.7. The highest BCUT2D eigenvalue weighted by Crippen LogP contribution is 2.28. The third kappa shape index (κ3) is 12.1. The molecule has 0 heterocycles. The molecular formula is C28H46O3. The SMILES string of the molecule is CCCCCCCCCCCCCCCCC(C)(C(C)=O)C(=O)OCc1ccccc1. The molecule has 1 rings (SSSR count). The number of hydrogen-bond acceptors (Lipinski definition) is 3. The molecule has 1 aromatic carbocycles. The monoisotopic (exact) mass is 430 g/mol. The van der Waals surface area contributed by atoms with Gasteiger partial charge in [0.1, 0.15) is 17.8 Å². The lowest BCUT2D eigenvalue weighted by Gasteiger charge is -2.24. The van der Waals surface area contributed by atoms with Gasteiger partial charge in [0, 0.05) is 0 Å². The second kappa shape index (κ2) is 17.0. The lowest BCUT2D eigenvalue weighted by Crippen LogP contribution is -2.36. The van der Waals surface area contributed by atoms with E-state index >= 15 is 0 Å². The quantitative estimate of drug-likeness (QED) is 0.126. The number of esters is 1. The van der Waals surface area contributed by atoms with Gasteiger partial charge in [0.2, 0.25) is 0 Å². The van der Waals surface area contributed by atoms with Crippen LogP contribution in [-0.4, -0.2) is 11.8 Å². The molecule has 1 unspecified atom stereocenters. The second-order valence-corrected chi connectivity index (χ2v) is 9.30. The van der Waals surface area contributed by atoms with Crippen LogP contribution in [0.4, 0.5) is 0 Å². The third-order valence-corrected chi connectivity index (χ3v) is 6.47. The van der Waals surface area contributed by atoms with Crippen molar-refractivity contribution >= 4 is 11.8 Å². The number of ether oxygens (including phenoxy) is 1. The maximum atomic E-state index is 12.6. The van der Waals surface area contributed by atoms with E-state index in [9.17, 15) is 9.59 Å². The summed E-state index contributed by atoms with van der Waals surface area (Å²) in [5.74, 6) is -0.487. The molecule has 0 fully saturated rings. The maximum Gasteiger partial charge on any atom is 0.319 e. The number of Topliss-reactive ketones (excluding diaryl/α,β-unsaturated/α-hetero) is 1. The van der Waals surface area contributed by atoms with Crippen LogP contribution in [0.1, 0.15) is 123 Å². The Morgan fingerprint density at radius 2 is 1.19 bits per heavy atom. The van der Waals surface area contributed by atoms with Crippen LogP contribution in [0.5, 0.6) is 0 Å². The second-order valence-electron chi connectivity index (χ2n) is 9.30. The minimum Gasteiger partial charge on any atom is -0.460 e. The first-order chi connectivity index (χ1) is 15.0. The number of carbonyl (C=O) groups is 2. The predicted molar refractivity (Wildman–Crippen MR) is 130 cm³/mol. The van der Waals surface area contributed by atoms with Gasteiger partial charge in [-0.25, -0.2) is 0 Å². The molecule has 1 aromatic rings. The zero-order chi connectivity index (χ0) is 22.8. The summed E-state index contributed by atoms with van der Waals surface area (Å²) in [4.78, 5) is 24.8. The molecule has 31 heavy (non-hydrogen) atoms. The van der Waals surface area contributed by atoms with Crippen molar-refractivity contribution in [3.8, 4) is 0 Å². The van der Waals surface area contributed by atoms with Gasteiger partial charge in [-0.3, -0.25) is 9.59 Å². The van der Waals surface area contributed by atoms with Crippen LogP contribution in [0.15, 0.2) is 30.3 Å². The summed E-state index contributed by atoms with van der Waals surface area (Å²) in [7, 11) is 0. The Labute approximate surface area is 191 Å². The van der Waals surface area contributed by atoms with Gasteiger partial charge >= 0.3 is 5.97 Å². The fraction of sp³-hybridized carbons (Fsp3) is 0.714. The van der Waals surface area contributed by atoms with E-state index in [1.165, 1.54) is 84.0 Å². The zero-order valence-corrected chi connectivity index (χ0v) is 20.4. The molecular weight excluding hydrogens is 384 g/mol. The summed E-state index contributed by atoms with van der Waals surface area (Å²) in [5.41, 5.74) is -0.0791. The number of ketones is 1. The molecule has 0 aromatic heterocycles. The van der Waals surface area contributed by atoms with Gasteiger partial charge in [-0.2, -0.15) is 0 Å². The summed E-state index contributed by atoms with van der Waals surface area (Å²) in [6.45, 7) is 5.74. The first-order valence-electron chi connectivity index (χ1n) is 12.7. The van der Waals surface area contributed by atoms with Crippen LogP contribution in [0.3, 0.4) is 0 Å². The molecule has 176 valence electrons. The van der Waals surface area contributed by atoms with Crippen LogP contribution in [0.2, 0.25) is 0 Å². The molecule has 0 N–H and O–H groups in total. The van der Waals surface area contributed by atoms with E-state index in [0.29, 0.717) is 6.42 Å². The molecule has 0 aliphatic heterocycles. The van der Waals surface area contributed by atoms with E-state index in [-0.39, 0.29) is 12.4 Å². The van der Waals surface area contributed by atoms with Crippen molar-refractivity contribution in [1.82, 2.24) is 0 Å². The third-order valence-electron chi connectivity index (χ3n) is 6.47. The molecule has 0 amide bonds. The van der Waals surface area contributed by atoms with Crippen molar-refractivity contribution in [2.45, 2.75) is 124 Å². The molecule has 0 aliphatic rings. The number of unbranched alkanes of at least 4 members (excludes halogenated alkanes) is 13. The standard InChI is InChI=1S/C28H46O3/c1-4-5-6-7-8-9-10-11-12-13-14-15-16-20-23-28(3,25(2)29)27(30)31-24-26-21-18-17-19-22-26/h17-19,21-22H,4-16,20,23-24H2,1-3H3. The van der Waals surface area contributed by atoms with Crippen LogP contribution < -0.4 is 0 Å². The Morgan fingerprint density at radius 1 is 0.742 bits per heavy atom. The van der Waals surface area contributed by atoms with Crippen LogP contribution in [0.25, 0.3) is 0 Å². The number of hydrogen-bond donors (Lipinski definition) is 0. The average Bonchev–Trinajstić information content (AvgIpc) is 2.78. The largest absolute Gasteiger partial charge is 0.460 e. The molecule has 1 atom stereocenters. The van der Waals surface area contributed by atoms with Crippen molar-refractivity contribution in [2.24, 2.45) is 5.41 Å². The average molecular weight is 431 g/mol. The Balaban J connectivity index is 2.10. The number of rotatable bonds is 19. The summed E-state index contributed by atoms with van der Waals surface area (Å²) >= 11 is 0. The fourth-order valence-electron chi connectivity index (χ4n) is 3.98. The molecule has 0 aliphatic carbocycles. The van der Waals surface area contributed by atoms with Gasteiger partial charge in [0.15, 0.2) is 0 Å². The van der Waals surface area contributed by atoms with Crippen molar-refractivity contribution in [3.63, 3.8) is 0 Å². The van der Waals surface area contributed by atoms with Gasteiger partial charge in [-0.15, -0.1) is 0 Å². The fourth-order valence-corrected chi connectivity index (χ4v) is 3.98. The van der Waals surface area contributed by atoms with E-state index in [2.05, 4.69) is 6.92 Å². The minimum absolute atomic E-state index is 0.0970. The van der Waals surface area contributed by atoms with Crippen molar-refractivity contribution in [1.29, 1.82) is 0 Å². The molecule has 0 radical (unpaired) electrons. The van der Waals surface area contributed by atoms with E-state index in [1.54, 1.807) is 6.92 Å². The molecule has 3 nitrogen and oxygen atoms in total. The summed E-state index contributed by atoms with van der Waals surface area (Å²) in [5, 5.41) is 0. The normalized spacial score (nSPS) is 13.0. The van der Waals surface area contributed by atoms with Crippen LogP contribution >= 0.6 is 0 Å². The maximum absolute atomic E-state index is 12.6.